The Kier molecular flexibility index (Phi) is 2.61. The Hall–Kier alpha value is -1.19. The van der Waals surface area contributed by atoms with Crippen molar-refractivity contribution >= 4 is 6.29 Å². The van der Waals surface area contributed by atoms with E-state index in [1.54, 1.807) is 0 Å². The summed E-state index contributed by atoms with van der Waals surface area (Å²) in [7, 11) is 0. The van der Waals surface area contributed by atoms with Crippen molar-refractivity contribution in [2.75, 3.05) is 0 Å². The molecule has 1 aromatic heterocycles. The molecule has 1 aliphatic carbocycles. The van der Waals surface area contributed by atoms with Crippen LogP contribution < -0.4 is 0 Å². The van der Waals surface area contributed by atoms with Gasteiger partial charge in [0, 0.05) is 0 Å². The molecule has 1 aromatic rings. The second-order valence-electron chi connectivity index (χ2n) is 3.91. The highest BCUT2D eigenvalue weighted by Gasteiger charge is 2.19. The fourth-order valence-corrected chi connectivity index (χ4v) is 2.13. The number of carbonyl (C=O) groups excluding carboxylic acids is 1. The standard InChI is InChI=1S/C10H15N3O/c1-8-10(7-14)11-12-13(8)9-5-3-2-4-6-9/h7,9H,2-6H2,1H3. The van der Waals surface area contributed by atoms with Crippen LogP contribution in [0.25, 0.3) is 0 Å². The molecule has 1 saturated carbocycles. The van der Waals surface area contributed by atoms with Gasteiger partial charge in [-0.25, -0.2) is 4.68 Å². The molecule has 1 fully saturated rings. The molecule has 76 valence electrons. The quantitative estimate of drug-likeness (QED) is 0.674. The van der Waals surface area contributed by atoms with Crippen molar-refractivity contribution in [1.82, 2.24) is 15.0 Å². The summed E-state index contributed by atoms with van der Waals surface area (Å²) in [6.45, 7) is 1.92. The van der Waals surface area contributed by atoms with Gasteiger partial charge in [-0.2, -0.15) is 0 Å². The van der Waals surface area contributed by atoms with E-state index in [-0.39, 0.29) is 0 Å². The first-order chi connectivity index (χ1) is 6.83. The molecule has 0 aliphatic heterocycles. The minimum atomic E-state index is 0.463. The zero-order valence-electron chi connectivity index (χ0n) is 8.44. The van der Waals surface area contributed by atoms with Crippen LogP contribution in [0.3, 0.4) is 0 Å². The van der Waals surface area contributed by atoms with Gasteiger partial charge in [-0.1, -0.05) is 24.5 Å². The van der Waals surface area contributed by atoms with E-state index in [2.05, 4.69) is 10.3 Å². The molecular weight excluding hydrogens is 178 g/mol. The summed E-state index contributed by atoms with van der Waals surface area (Å²) in [6.07, 6.45) is 6.97. The summed E-state index contributed by atoms with van der Waals surface area (Å²) >= 11 is 0. The Morgan fingerprint density at radius 2 is 2.07 bits per heavy atom. The largest absolute Gasteiger partial charge is 0.296 e. The molecule has 0 radical (unpaired) electrons. The van der Waals surface area contributed by atoms with Crippen molar-refractivity contribution < 1.29 is 4.79 Å². The maximum Gasteiger partial charge on any atom is 0.172 e. The summed E-state index contributed by atoms with van der Waals surface area (Å²) in [5.74, 6) is 0. The zero-order chi connectivity index (χ0) is 9.97. The van der Waals surface area contributed by atoms with Crippen LogP contribution in [0.4, 0.5) is 0 Å². The van der Waals surface area contributed by atoms with E-state index < -0.39 is 0 Å². The lowest BCUT2D eigenvalue weighted by atomic mass is 9.95. The van der Waals surface area contributed by atoms with Crippen LogP contribution in [0.5, 0.6) is 0 Å². The Morgan fingerprint density at radius 1 is 1.36 bits per heavy atom. The van der Waals surface area contributed by atoms with Gasteiger partial charge in [0.05, 0.1) is 11.7 Å². The van der Waals surface area contributed by atoms with E-state index in [1.807, 2.05) is 11.6 Å². The smallest absolute Gasteiger partial charge is 0.172 e. The second-order valence-corrected chi connectivity index (χ2v) is 3.91. The molecule has 0 saturated heterocycles. The van der Waals surface area contributed by atoms with Gasteiger partial charge in [0.25, 0.3) is 0 Å². The van der Waals surface area contributed by atoms with Gasteiger partial charge in [-0.3, -0.25) is 4.79 Å². The Morgan fingerprint density at radius 3 is 2.64 bits per heavy atom. The van der Waals surface area contributed by atoms with Gasteiger partial charge in [0.1, 0.15) is 5.69 Å². The number of nitrogens with zero attached hydrogens (tertiary/aromatic N) is 3. The lowest BCUT2D eigenvalue weighted by molar-refractivity contribution is 0.111. The van der Waals surface area contributed by atoms with Crippen LogP contribution >= 0.6 is 0 Å². The lowest BCUT2D eigenvalue weighted by Crippen LogP contribution is -2.15. The Balaban J connectivity index is 2.22. The van der Waals surface area contributed by atoms with Crippen LogP contribution in [0.15, 0.2) is 0 Å². The molecule has 0 spiro atoms. The van der Waals surface area contributed by atoms with Gasteiger partial charge in [-0.15, -0.1) is 5.10 Å². The number of aromatic nitrogens is 3. The van der Waals surface area contributed by atoms with E-state index >= 15 is 0 Å². The van der Waals surface area contributed by atoms with Crippen LogP contribution in [0.2, 0.25) is 0 Å². The topological polar surface area (TPSA) is 47.8 Å². The number of rotatable bonds is 2. The van der Waals surface area contributed by atoms with E-state index in [4.69, 9.17) is 0 Å². The van der Waals surface area contributed by atoms with Crippen molar-refractivity contribution in [3.63, 3.8) is 0 Å². The first kappa shape index (κ1) is 9.37. The summed E-state index contributed by atoms with van der Waals surface area (Å²) < 4.78 is 1.92. The van der Waals surface area contributed by atoms with Gasteiger partial charge in [0.2, 0.25) is 0 Å². The SMILES string of the molecule is Cc1c(C=O)nnn1C1CCCCC1. The number of carbonyl (C=O) groups is 1. The fourth-order valence-electron chi connectivity index (χ4n) is 2.13. The van der Waals surface area contributed by atoms with Crippen molar-refractivity contribution in [3.8, 4) is 0 Å². The molecule has 0 bridgehead atoms. The molecule has 0 unspecified atom stereocenters. The first-order valence-corrected chi connectivity index (χ1v) is 5.20. The van der Waals surface area contributed by atoms with Gasteiger partial charge in [0.15, 0.2) is 6.29 Å². The fraction of sp³-hybridized carbons (Fsp3) is 0.700. The van der Waals surface area contributed by atoms with Crippen molar-refractivity contribution in [2.45, 2.75) is 45.1 Å². The number of hydrogen-bond acceptors (Lipinski definition) is 3. The molecule has 4 nitrogen and oxygen atoms in total. The van der Waals surface area contributed by atoms with Gasteiger partial charge in [-0.05, 0) is 19.8 Å². The molecule has 0 N–H and O–H groups in total. The molecule has 0 aromatic carbocycles. The maximum atomic E-state index is 10.6. The van der Waals surface area contributed by atoms with Crippen LogP contribution in [-0.4, -0.2) is 21.3 Å². The molecule has 1 heterocycles. The summed E-state index contributed by atoms with van der Waals surface area (Å²) in [5.41, 5.74) is 1.39. The molecule has 2 rings (SSSR count). The maximum absolute atomic E-state index is 10.6. The van der Waals surface area contributed by atoms with E-state index in [1.165, 1.54) is 32.1 Å². The van der Waals surface area contributed by atoms with Crippen LogP contribution in [0.1, 0.15) is 54.3 Å². The van der Waals surface area contributed by atoms with Crippen molar-refractivity contribution in [3.05, 3.63) is 11.4 Å². The summed E-state index contributed by atoms with van der Waals surface area (Å²) in [4.78, 5) is 10.6. The average Bonchev–Trinajstić information content (AvgIpc) is 2.61. The van der Waals surface area contributed by atoms with Crippen molar-refractivity contribution in [1.29, 1.82) is 0 Å². The number of hydrogen-bond donors (Lipinski definition) is 0. The highest BCUT2D eigenvalue weighted by molar-refractivity contribution is 5.72. The predicted octanol–water partition coefficient (Wildman–Crippen LogP) is 1.90. The van der Waals surface area contributed by atoms with Gasteiger partial charge < -0.3 is 0 Å². The molecular formula is C10H15N3O. The molecule has 14 heavy (non-hydrogen) atoms. The van der Waals surface area contributed by atoms with Gasteiger partial charge >= 0.3 is 0 Å². The first-order valence-electron chi connectivity index (χ1n) is 5.20. The third-order valence-corrected chi connectivity index (χ3v) is 3.00. The Bertz CT molecular complexity index is 326. The molecule has 0 atom stereocenters. The van der Waals surface area contributed by atoms with E-state index in [0.29, 0.717) is 11.7 Å². The zero-order valence-corrected chi connectivity index (χ0v) is 8.44. The average molecular weight is 193 g/mol. The third kappa shape index (κ3) is 1.56. The highest BCUT2D eigenvalue weighted by atomic mass is 16.1. The molecule has 0 amide bonds. The second kappa shape index (κ2) is 3.90. The molecule has 1 aliphatic rings. The monoisotopic (exact) mass is 193 g/mol. The third-order valence-electron chi connectivity index (χ3n) is 3.00. The van der Waals surface area contributed by atoms with Crippen LogP contribution in [0, 0.1) is 6.92 Å². The summed E-state index contributed by atoms with van der Waals surface area (Å²) in [5, 5.41) is 7.90. The predicted molar refractivity (Wildman–Crippen MR) is 52.3 cm³/mol. The minimum absolute atomic E-state index is 0.463. The summed E-state index contributed by atoms with van der Waals surface area (Å²) in [6, 6.07) is 0.463. The van der Waals surface area contributed by atoms with E-state index in [0.717, 1.165) is 12.0 Å². The lowest BCUT2D eigenvalue weighted by Gasteiger charge is -2.22. The Labute approximate surface area is 83.3 Å². The molecule has 4 heteroatoms. The minimum Gasteiger partial charge on any atom is -0.296 e. The number of aldehydes is 1. The van der Waals surface area contributed by atoms with E-state index in [9.17, 15) is 4.79 Å². The van der Waals surface area contributed by atoms with Crippen molar-refractivity contribution in [2.24, 2.45) is 0 Å². The normalized spacial score (nSPS) is 18.4. The van der Waals surface area contributed by atoms with Crippen LogP contribution in [-0.2, 0) is 0 Å². The highest BCUT2D eigenvalue weighted by Crippen LogP contribution is 2.28.